The first-order chi connectivity index (χ1) is 5.37. The molecule has 12 heavy (non-hydrogen) atoms. The maximum Gasteiger partial charge on any atom is 0.309 e. The van der Waals surface area contributed by atoms with Crippen LogP contribution in [0, 0.1) is 0 Å². The van der Waals surface area contributed by atoms with Crippen LogP contribution in [-0.2, 0) is 30.0 Å². The normalized spacial score (nSPS) is 9.58. The lowest BCUT2D eigenvalue weighted by atomic mass is 10.8. The highest BCUT2D eigenvalue weighted by Gasteiger charge is 2.29. The van der Waals surface area contributed by atoms with Crippen LogP contribution >= 0.6 is 23.2 Å². The molecule has 0 bridgehead atoms. The third kappa shape index (κ3) is 2.80. The molecule has 0 radical (unpaired) electrons. The summed E-state index contributed by atoms with van der Waals surface area (Å²) in [7, 11) is -2.91. The Kier molecular flexibility index (Phi) is 4.22. The Balaban J connectivity index is 4.63. The van der Waals surface area contributed by atoms with Crippen molar-refractivity contribution in [3.63, 3.8) is 0 Å². The Labute approximate surface area is 78.5 Å². The van der Waals surface area contributed by atoms with Gasteiger partial charge in [0.05, 0.1) is 0 Å². The van der Waals surface area contributed by atoms with E-state index in [-0.39, 0.29) is 0 Å². The molecule has 0 aromatic rings. The molecular weight excluding hydrogens is 231 g/mol. The van der Waals surface area contributed by atoms with E-state index in [9.17, 15) is 23.4 Å². The molecule has 0 heterocycles. The lowest BCUT2D eigenvalue weighted by Gasteiger charge is -1.88. The zero-order chi connectivity index (χ0) is 9.89. The molecule has 0 saturated carbocycles. The molecule has 0 aliphatic rings. The van der Waals surface area contributed by atoms with Gasteiger partial charge in [0.1, 0.15) is 0 Å². The van der Waals surface area contributed by atoms with Gasteiger partial charge in [-0.15, -0.1) is 0 Å². The van der Waals surface area contributed by atoms with Crippen LogP contribution in [-0.4, -0.2) is 24.9 Å². The van der Waals surface area contributed by atoms with Gasteiger partial charge in [-0.3, -0.25) is 19.2 Å². The molecule has 0 spiro atoms. The van der Waals surface area contributed by atoms with Crippen LogP contribution in [0.5, 0.6) is 0 Å². The molecule has 66 valence electrons. The molecule has 0 unspecified atom stereocenters. The Morgan fingerprint density at radius 3 is 1.25 bits per heavy atom. The highest BCUT2D eigenvalue weighted by Crippen LogP contribution is 1.96. The molecule has 0 saturated heterocycles. The van der Waals surface area contributed by atoms with Gasteiger partial charge in [0.15, 0.2) is 10.8 Å². The summed E-state index contributed by atoms with van der Waals surface area (Å²) in [6.07, 6.45) is 0. The Bertz CT molecular complexity index is 268. The van der Waals surface area contributed by atoms with Crippen molar-refractivity contribution in [1.82, 2.24) is 0 Å². The molecule has 8 heteroatoms. The second-order valence-electron chi connectivity index (χ2n) is 1.39. The lowest BCUT2D eigenvalue weighted by molar-refractivity contribution is -0.129. The summed E-state index contributed by atoms with van der Waals surface area (Å²) in [6, 6.07) is 0. The molecule has 0 aromatic carbocycles. The Hall–Kier alpha value is -0.590. The molecule has 0 amide bonds. The average molecular weight is 231 g/mol. The van der Waals surface area contributed by atoms with Gasteiger partial charge in [0, 0.05) is 0 Å². The van der Waals surface area contributed by atoms with Crippen molar-refractivity contribution in [2.75, 3.05) is 0 Å². The van der Waals surface area contributed by atoms with Crippen molar-refractivity contribution in [1.29, 1.82) is 0 Å². The molecule has 0 rings (SSSR count). The van der Waals surface area contributed by atoms with Gasteiger partial charge in [-0.1, -0.05) is 0 Å². The van der Waals surface area contributed by atoms with E-state index in [0.29, 0.717) is 0 Å². The maximum atomic E-state index is 10.5. The van der Waals surface area contributed by atoms with Gasteiger partial charge in [-0.05, 0) is 23.2 Å². The summed E-state index contributed by atoms with van der Waals surface area (Å²) in [4.78, 5) is 40.8. The number of carbonyl (C=O) groups excluding carboxylic acids is 4. The largest absolute Gasteiger partial charge is 0.309 e. The van der Waals surface area contributed by atoms with E-state index in [1.54, 1.807) is 0 Å². The second kappa shape index (κ2) is 4.44. The minimum atomic E-state index is -2.91. The molecule has 0 aromatic heterocycles. The Morgan fingerprint density at radius 2 is 1.08 bits per heavy atom. The first-order valence-corrected chi connectivity index (χ1v) is 4.18. The Morgan fingerprint density at radius 1 is 0.833 bits per heavy atom. The van der Waals surface area contributed by atoms with Crippen molar-refractivity contribution < 1.29 is 23.4 Å². The van der Waals surface area contributed by atoms with Gasteiger partial charge in [0.2, 0.25) is 0 Å². The van der Waals surface area contributed by atoms with Crippen LogP contribution in [0.1, 0.15) is 0 Å². The summed E-state index contributed by atoms with van der Waals surface area (Å²) in [5, 5.41) is -6.48. The lowest BCUT2D eigenvalue weighted by Crippen LogP contribution is -2.24. The molecule has 0 atom stereocenters. The van der Waals surface area contributed by atoms with Crippen LogP contribution in [0.2, 0.25) is 0 Å². The average Bonchev–Trinajstić information content (AvgIpc) is 2.00. The van der Waals surface area contributed by atoms with Gasteiger partial charge in [-0.25, -0.2) is 4.21 Å². The van der Waals surface area contributed by atoms with Crippen LogP contribution in [0.15, 0.2) is 0 Å². The monoisotopic (exact) mass is 230 g/mol. The highest BCUT2D eigenvalue weighted by molar-refractivity contribution is 8.17. The topological polar surface area (TPSA) is 85.3 Å². The summed E-state index contributed by atoms with van der Waals surface area (Å²) in [5.74, 6) is 0. The smallest absolute Gasteiger partial charge is 0.273 e. The highest BCUT2D eigenvalue weighted by atomic mass is 35.5. The second-order valence-corrected chi connectivity index (χ2v) is 3.36. The van der Waals surface area contributed by atoms with Gasteiger partial charge in [0.25, 0.3) is 0 Å². The van der Waals surface area contributed by atoms with Crippen LogP contribution < -0.4 is 0 Å². The number of rotatable bonds is 2. The van der Waals surface area contributed by atoms with E-state index < -0.39 is 31.5 Å². The summed E-state index contributed by atoms with van der Waals surface area (Å²) in [6.45, 7) is 0. The van der Waals surface area contributed by atoms with E-state index in [1.807, 2.05) is 0 Å². The van der Waals surface area contributed by atoms with Crippen molar-refractivity contribution in [3.8, 4) is 0 Å². The van der Waals surface area contributed by atoms with E-state index >= 15 is 0 Å². The number of hydrogen-bond acceptors (Lipinski definition) is 5. The van der Waals surface area contributed by atoms with E-state index in [1.165, 1.54) is 0 Å². The first-order valence-electron chi connectivity index (χ1n) is 2.27. The van der Waals surface area contributed by atoms with E-state index in [2.05, 4.69) is 23.2 Å². The quantitative estimate of drug-likeness (QED) is 0.464. The fourth-order valence-electron chi connectivity index (χ4n) is 0.230. The fourth-order valence-corrected chi connectivity index (χ4v) is 1.11. The van der Waals surface area contributed by atoms with E-state index in [0.717, 1.165) is 0 Å². The summed E-state index contributed by atoms with van der Waals surface area (Å²) >= 11 is 9.17. The SMILES string of the molecule is O=C(Cl)C(=O)S(=O)C(=O)C(=O)Cl. The summed E-state index contributed by atoms with van der Waals surface area (Å²) in [5.41, 5.74) is 0. The number of hydrogen-bond donors (Lipinski definition) is 0. The van der Waals surface area contributed by atoms with Crippen molar-refractivity contribution in [2.45, 2.75) is 0 Å². The predicted molar refractivity (Wildman–Crippen MR) is 39.9 cm³/mol. The van der Waals surface area contributed by atoms with E-state index in [4.69, 9.17) is 0 Å². The number of carbonyl (C=O) groups is 4. The minimum Gasteiger partial charge on any atom is -0.273 e. The first kappa shape index (κ1) is 11.4. The summed E-state index contributed by atoms with van der Waals surface area (Å²) < 4.78 is 10.5. The van der Waals surface area contributed by atoms with Gasteiger partial charge in [-0.2, -0.15) is 0 Å². The molecule has 0 N–H and O–H groups in total. The van der Waals surface area contributed by atoms with Gasteiger partial charge >= 0.3 is 20.7 Å². The maximum absolute atomic E-state index is 10.5. The van der Waals surface area contributed by atoms with Crippen LogP contribution in [0.3, 0.4) is 0 Å². The molecule has 0 fully saturated rings. The van der Waals surface area contributed by atoms with Crippen LogP contribution in [0.25, 0.3) is 0 Å². The van der Waals surface area contributed by atoms with Crippen molar-refractivity contribution in [2.24, 2.45) is 0 Å². The predicted octanol–water partition coefficient (Wildman–Crippen LogP) is -0.681. The fraction of sp³-hybridized carbons (Fsp3) is 0. The van der Waals surface area contributed by atoms with Crippen LogP contribution in [0.4, 0.5) is 0 Å². The van der Waals surface area contributed by atoms with Crippen molar-refractivity contribution in [3.05, 3.63) is 0 Å². The molecular formula is C4Cl2O5S. The number of halogens is 2. The third-order valence-corrected chi connectivity index (χ3v) is 2.27. The van der Waals surface area contributed by atoms with Gasteiger partial charge < -0.3 is 0 Å². The zero-order valence-electron chi connectivity index (χ0n) is 5.21. The zero-order valence-corrected chi connectivity index (χ0v) is 7.53. The standard InChI is InChI=1S/C4Cl2O5S/c5-1(7)3(9)12(11)4(10)2(6)8. The molecule has 0 aliphatic carbocycles. The molecule has 5 nitrogen and oxygen atoms in total. The minimum absolute atomic E-state index is 1.58. The third-order valence-electron chi connectivity index (χ3n) is 0.658. The van der Waals surface area contributed by atoms with Crippen molar-refractivity contribution >= 4 is 54.7 Å². The molecule has 0 aliphatic heterocycles.